The summed E-state index contributed by atoms with van der Waals surface area (Å²) in [5, 5.41) is 3.24. The number of hydrogen-bond donors (Lipinski definition) is 2. The fourth-order valence-corrected chi connectivity index (χ4v) is 1.70. The van der Waals surface area contributed by atoms with Crippen LogP contribution in [-0.4, -0.2) is 29.7 Å². The van der Waals surface area contributed by atoms with Crippen molar-refractivity contribution in [2.24, 2.45) is 5.92 Å². The molecule has 1 heterocycles. The molecule has 3 N–H and O–H groups in total. The second kappa shape index (κ2) is 5.82. The number of nitrogens with two attached hydrogens (primary N) is 1. The first-order valence-electron chi connectivity index (χ1n) is 6.22. The summed E-state index contributed by atoms with van der Waals surface area (Å²) in [5.41, 5.74) is 6.77. The molecule has 1 aromatic rings. The van der Waals surface area contributed by atoms with Crippen LogP contribution in [0.2, 0.25) is 0 Å². The van der Waals surface area contributed by atoms with E-state index >= 15 is 0 Å². The van der Waals surface area contributed by atoms with Crippen molar-refractivity contribution < 1.29 is 4.74 Å². The lowest BCUT2D eigenvalue weighted by atomic mass is 10.2. The summed E-state index contributed by atoms with van der Waals surface area (Å²) < 4.78 is 5.55. The van der Waals surface area contributed by atoms with Gasteiger partial charge in [0.25, 0.3) is 0 Å². The van der Waals surface area contributed by atoms with Crippen LogP contribution in [0, 0.1) is 5.92 Å². The van der Waals surface area contributed by atoms with Crippen LogP contribution in [0.1, 0.15) is 25.3 Å². The maximum absolute atomic E-state index is 5.79. The van der Waals surface area contributed by atoms with Crippen molar-refractivity contribution in [1.29, 1.82) is 0 Å². The number of aromatic nitrogens is 2. The molecule has 1 fully saturated rings. The Morgan fingerprint density at radius 3 is 3.00 bits per heavy atom. The van der Waals surface area contributed by atoms with E-state index in [1.807, 2.05) is 6.92 Å². The minimum atomic E-state index is 0.559. The van der Waals surface area contributed by atoms with Gasteiger partial charge in [-0.25, -0.2) is 9.97 Å². The molecule has 0 atom stereocenters. The Balaban J connectivity index is 1.75. The first kappa shape index (κ1) is 12.1. The normalized spacial score (nSPS) is 14.9. The zero-order chi connectivity index (χ0) is 12.1. The third-order valence-electron chi connectivity index (χ3n) is 2.92. The molecule has 17 heavy (non-hydrogen) atoms. The Hall–Kier alpha value is -1.36. The summed E-state index contributed by atoms with van der Waals surface area (Å²) in [6.45, 7) is 4.41. The summed E-state index contributed by atoms with van der Waals surface area (Å²) in [6.07, 6.45) is 4.98. The lowest BCUT2D eigenvalue weighted by Crippen LogP contribution is -2.14. The smallest absolute Gasteiger partial charge is 0.134 e. The number of hydrogen-bond acceptors (Lipinski definition) is 5. The molecule has 94 valence electrons. The monoisotopic (exact) mass is 236 g/mol. The molecular weight excluding hydrogens is 216 g/mol. The molecule has 0 saturated heterocycles. The Morgan fingerprint density at radius 1 is 1.47 bits per heavy atom. The van der Waals surface area contributed by atoms with Gasteiger partial charge in [0.15, 0.2) is 0 Å². The predicted octanol–water partition coefficient (Wildman–Crippen LogP) is 1.46. The molecule has 5 heteroatoms. The minimum absolute atomic E-state index is 0.559. The number of anilines is 2. The maximum Gasteiger partial charge on any atom is 0.134 e. The highest BCUT2D eigenvalue weighted by Gasteiger charge is 2.20. The molecule has 0 aromatic carbocycles. The second-order valence-corrected chi connectivity index (χ2v) is 4.38. The van der Waals surface area contributed by atoms with E-state index in [2.05, 4.69) is 15.3 Å². The zero-order valence-corrected chi connectivity index (χ0v) is 10.3. The van der Waals surface area contributed by atoms with Crippen LogP contribution in [0.5, 0.6) is 0 Å². The van der Waals surface area contributed by atoms with E-state index in [0.29, 0.717) is 12.4 Å². The summed E-state index contributed by atoms with van der Waals surface area (Å²) in [5.74, 6) is 2.20. The highest BCUT2D eigenvalue weighted by Crippen LogP contribution is 2.28. The molecule has 5 nitrogen and oxygen atoms in total. The van der Waals surface area contributed by atoms with Crippen LogP contribution in [-0.2, 0) is 11.2 Å². The Kier molecular flexibility index (Phi) is 4.14. The van der Waals surface area contributed by atoms with Crippen LogP contribution in [0.4, 0.5) is 11.6 Å². The highest BCUT2D eigenvalue weighted by atomic mass is 16.5. The maximum atomic E-state index is 5.79. The van der Waals surface area contributed by atoms with Crippen LogP contribution in [0.25, 0.3) is 0 Å². The fraction of sp³-hybridized carbons (Fsp3) is 0.667. The quantitative estimate of drug-likeness (QED) is 0.701. The SMILES string of the molecule is CCc1c(N)ncnc1NCCOCC1CC1. The van der Waals surface area contributed by atoms with Gasteiger partial charge in [-0.05, 0) is 25.2 Å². The number of nitrogen functional groups attached to an aromatic ring is 1. The largest absolute Gasteiger partial charge is 0.383 e. The van der Waals surface area contributed by atoms with E-state index in [1.165, 1.54) is 19.2 Å². The molecule has 0 amide bonds. The molecule has 0 radical (unpaired) electrons. The van der Waals surface area contributed by atoms with Gasteiger partial charge < -0.3 is 15.8 Å². The molecule has 1 aliphatic rings. The summed E-state index contributed by atoms with van der Waals surface area (Å²) in [4.78, 5) is 8.18. The Bertz CT molecular complexity index is 366. The summed E-state index contributed by atoms with van der Waals surface area (Å²) in [6, 6.07) is 0. The third-order valence-corrected chi connectivity index (χ3v) is 2.92. The van der Waals surface area contributed by atoms with Gasteiger partial charge in [-0.3, -0.25) is 0 Å². The van der Waals surface area contributed by atoms with Gasteiger partial charge >= 0.3 is 0 Å². The molecule has 1 aliphatic carbocycles. The fourth-order valence-electron chi connectivity index (χ4n) is 1.70. The first-order chi connectivity index (χ1) is 8.31. The van der Waals surface area contributed by atoms with Gasteiger partial charge in [-0.15, -0.1) is 0 Å². The average Bonchev–Trinajstić information content (AvgIpc) is 3.13. The zero-order valence-electron chi connectivity index (χ0n) is 10.3. The molecule has 0 aliphatic heterocycles. The number of nitrogens with zero attached hydrogens (tertiary/aromatic N) is 2. The van der Waals surface area contributed by atoms with Crippen molar-refractivity contribution in [1.82, 2.24) is 9.97 Å². The van der Waals surface area contributed by atoms with Gasteiger partial charge in [0.05, 0.1) is 6.61 Å². The van der Waals surface area contributed by atoms with E-state index in [0.717, 1.165) is 36.9 Å². The third kappa shape index (κ3) is 3.56. The predicted molar refractivity (Wildman–Crippen MR) is 67.9 cm³/mol. The molecule has 1 saturated carbocycles. The van der Waals surface area contributed by atoms with Gasteiger partial charge in [0.1, 0.15) is 18.0 Å². The molecule has 1 aromatic heterocycles. The van der Waals surface area contributed by atoms with Crippen molar-refractivity contribution >= 4 is 11.6 Å². The van der Waals surface area contributed by atoms with E-state index in [1.54, 1.807) is 0 Å². The van der Waals surface area contributed by atoms with E-state index < -0.39 is 0 Å². The van der Waals surface area contributed by atoms with Crippen molar-refractivity contribution in [2.75, 3.05) is 30.8 Å². The van der Waals surface area contributed by atoms with Crippen LogP contribution >= 0.6 is 0 Å². The van der Waals surface area contributed by atoms with E-state index in [9.17, 15) is 0 Å². The highest BCUT2D eigenvalue weighted by molar-refractivity contribution is 5.54. The standard InChI is InChI=1S/C12H20N4O/c1-2-10-11(13)15-8-16-12(10)14-5-6-17-7-9-3-4-9/h8-9H,2-7H2,1H3,(H3,13,14,15,16). The lowest BCUT2D eigenvalue weighted by Gasteiger charge is -2.11. The van der Waals surface area contributed by atoms with Crippen molar-refractivity contribution in [3.63, 3.8) is 0 Å². The average molecular weight is 236 g/mol. The van der Waals surface area contributed by atoms with Crippen molar-refractivity contribution in [2.45, 2.75) is 26.2 Å². The summed E-state index contributed by atoms with van der Waals surface area (Å²) >= 11 is 0. The van der Waals surface area contributed by atoms with Gasteiger partial charge in [0.2, 0.25) is 0 Å². The van der Waals surface area contributed by atoms with Crippen LogP contribution in [0.15, 0.2) is 6.33 Å². The minimum Gasteiger partial charge on any atom is -0.383 e. The second-order valence-electron chi connectivity index (χ2n) is 4.38. The summed E-state index contributed by atoms with van der Waals surface area (Å²) in [7, 11) is 0. The van der Waals surface area contributed by atoms with Gasteiger partial charge in [0, 0.05) is 18.7 Å². The number of rotatable bonds is 7. The number of nitrogens with one attached hydrogen (secondary N) is 1. The van der Waals surface area contributed by atoms with Crippen molar-refractivity contribution in [3.05, 3.63) is 11.9 Å². The van der Waals surface area contributed by atoms with Crippen LogP contribution < -0.4 is 11.1 Å². The number of ether oxygens (including phenoxy) is 1. The topological polar surface area (TPSA) is 73.1 Å². The van der Waals surface area contributed by atoms with E-state index in [-0.39, 0.29) is 0 Å². The van der Waals surface area contributed by atoms with E-state index in [4.69, 9.17) is 10.5 Å². The molecule has 0 bridgehead atoms. The Morgan fingerprint density at radius 2 is 2.29 bits per heavy atom. The Labute approximate surface area is 102 Å². The van der Waals surface area contributed by atoms with Gasteiger partial charge in [-0.2, -0.15) is 0 Å². The van der Waals surface area contributed by atoms with Crippen LogP contribution in [0.3, 0.4) is 0 Å². The molecule has 2 rings (SSSR count). The first-order valence-corrected chi connectivity index (χ1v) is 6.22. The van der Waals surface area contributed by atoms with Crippen molar-refractivity contribution in [3.8, 4) is 0 Å². The molecule has 0 unspecified atom stereocenters. The molecular formula is C12H20N4O. The molecule has 0 spiro atoms. The van der Waals surface area contributed by atoms with Gasteiger partial charge in [-0.1, -0.05) is 6.92 Å². The lowest BCUT2D eigenvalue weighted by molar-refractivity contribution is 0.134.